The second-order valence-electron chi connectivity index (χ2n) is 8.22. The third kappa shape index (κ3) is 4.01. The average Bonchev–Trinajstić information content (AvgIpc) is 3.26. The maximum atomic E-state index is 12.4. The summed E-state index contributed by atoms with van der Waals surface area (Å²) in [6.45, 7) is 6.24. The minimum Gasteiger partial charge on any atom is -0.441 e. The number of ether oxygens (including phenoxy) is 1. The highest BCUT2D eigenvalue weighted by Crippen LogP contribution is 2.34. The average molecular weight is 374 g/mol. The van der Waals surface area contributed by atoms with Crippen LogP contribution in [0.4, 0.5) is 10.7 Å². The number of nitrogens with zero attached hydrogens (tertiary/aromatic N) is 6. The van der Waals surface area contributed by atoms with Crippen LogP contribution in [0.15, 0.2) is 18.5 Å². The molecule has 1 amide bonds. The lowest BCUT2D eigenvalue weighted by molar-refractivity contribution is 0.0364. The van der Waals surface area contributed by atoms with Crippen molar-refractivity contribution in [2.24, 2.45) is 0 Å². The molecule has 0 saturated carbocycles. The molecule has 0 unspecified atom stereocenters. The molecule has 3 saturated heterocycles. The van der Waals surface area contributed by atoms with Gasteiger partial charge in [-0.3, -0.25) is 4.90 Å². The van der Waals surface area contributed by atoms with Crippen molar-refractivity contribution in [3.8, 4) is 0 Å². The SMILES string of the molecule is CN(C)[C@H]1CCN(CCN2CC3(CCN(c4ncccn4)CC3)OC2=O)C1. The number of rotatable bonds is 5. The molecule has 8 heteroatoms. The van der Waals surface area contributed by atoms with Crippen LogP contribution in [0.1, 0.15) is 19.3 Å². The van der Waals surface area contributed by atoms with Crippen LogP contribution in [-0.4, -0.2) is 102 Å². The molecule has 1 atom stereocenters. The van der Waals surface area contributed by atoms with E-state index >= 15 is 0 Å². The van der Waals surface area contributed by atoms with E-state index in [-0.39, 0.29) is 11.7 Å². The standard InChI is InChI=1S/C19H30N6O2/c1-22(2)16-4-9-23(14-16)12-13-25-15-19(27-18(25)26)5-10-24(11-6-19)17-20-7-3-8-21-17/h3,7-8,16H,4-6,9-15H2,1-2H3/t16-/m0/s1. The third-order valence-electron chi connectivity index (χ3n) is 6.21. The van der Waals surface area contributed by atoms with Gasteiger partial charge >= 0.3 is 6.09 Å². The van der Waals surface area contributed by atoms with E-state index in [4.69, 9.17) is 4.74 Å². The van der Waals surface area contributed by atoms with Crippen molar-refractivity contribution in [2.45, 2.75) is 30.9 Å². The van der Waals surface area contributed by atoms with Gasteiger partial charge in [0.1, 0.15) is 5.60 Å². The van der Waals surface area contributed by atoms with Crippen LogP contribution < -0.4 is 4.90 Å². The number of amides is 1. The van der Waals surface area contributed by atoms with Gasteiger partial charge in [-0.15, -0.1) is 0 Å². The van der Waals surface area contributed by atoms with Crippen molar-refractivity contribution in [2.75, 3.05) is 64.8 Å². The largest absolute Gasteiger partial charge is 0.441 e. The lowest BCUT2D eigenvalue weighted by Gasteiger charge is -2.37. The maximum absolute atomic E-state index is 12.4. The first kappa shape index (κ1) is 18.4. The summed E-state index contributed by atoms with van der Waals surface area (Å²) in [6.07, 6.45) is 6.26. The summed E-state index contributed by atoms with van der Waals surface area (Å²) >= 11 is 0. The molecule has 148 valence electrons. The molecule has 3 aliphatic heterocycles. The predicted molar refractivity (Wildman–Crippen MR) is 103 cm³/mol. The summed E-state index contributed by atoms with van der Waals surface area (Å²) in [6, 6.07) is 2.46. The Balaban J connectivity index is 1.27. The first-order valence-electron chi connectivity index (χ1n) is 9.93. The van der Waals surface area contributed by atoms with Crippen molar-refractivity contribution in [3.63, 3.8) is 0 Å². The monoisotopic (exact) mass is 374 g/mol. The summed E-state index contributed by atoms with van der Waals surface area (Å²) in [5.74, 6) is 0.762. The molecule has 0 aliphatic carbocycles. The Bertz CT molecular complexity index is 647. The zero-order valence-electron chi connectivity index (χ0n) is 16.4. The normalized spacial score (nSPS) is 25.6. The topological polar surface area (TPSA) is 65.0 Å². The number of likely N-dealkylation sites (N-methyl/N-ethyl adjacent to an activating group) is 1. The molecular weight excluding hydrogens is 344 g/mol. The Morgan fingerprint density at radius 2 is 1.93 bits per heavy atom. The Labute approximate surface area is 161 Å². The van der Waals surface area contributed by atoms with Crippen LogP contribution in [0, 0.1) is 0 Å². The zero-order valence-corrected chi connectivity index (χ0v) is 16.4. The fourth-order valence-electron chi connectivity index (χ4n) is 4.39. The van der Waals surface area contributed by atoms with E-state index in [1.165, 1.54) is 6.42 Å². The highest BCUT2D eigenvalue weighted by atomic mass is 16.6. The lowest BCUT2D eigenvalue weighted by Crippen LogP contribution is -2.47. The van der Waals surface area contributed by atoms with Gasteiger partial charge < -0.3 is 19.4 Å². The van der Waals surface area contributed by atoms with Crippen molar-refractivity contribution < 1.29 is 9.53 Å². The number of likely N-dealkylation sites (tertiary alicyclic amines) is 1. The Kier molecular flexibility index (Phi) is 5.19. The molecule has 0 N–H and O–H groups in total. The van der Waals surface area contributed by atoms with Gasteiger partial charge in [0.15, 0.2) is 0 Å². The first-order valence-corrected chi connectivity index (χ1v) is 9.93. The van der Waals surface area contributed by atoms with E-state index in [0.29, 0.717) is 12.6 Å². The number of hydrogen-bond acceptors (Lipinski definition) is 7. The van der Waals surface area contributed by atoms with Crippen LogP contribution in [0.2, 0.25) is 0 Å². The first-order chi connectivity index (χ1) is 13.0. The smallest absolute Gasteiger partial charge is 0.410 e. The third-order valence-corrected chi connectivity index (χ3v) is 6.21. The maximum Gasteiger partial charge on any atom is 0.410 e. The Morgan fingerprint density at radius 1 is 1.19 bits per heavy atom. The molecule has 1 aromatic rings. The van der Waals surface area contributed by atoms with Crippen molar-refractivity contribution in [1.82, 2.24) is 24.7 Å². The van der Waals surface area contributed by atoms with Crippen LogP contribution in [-0.2, 0) is 4.74 Å². The van der Waals surface area contributed by atoms with E-state index in [9.17, 15) is 4.79 Å². The number of carbonyl (C=O) groups excluding carboxylic acids is 1. The molecule has 27 heavy (non-hydrogen) atoms. The highest BCUT2D eigenvalue weighted by Gasteiger charge is 2.47. The van der Waals surface area contributed by atoms with Gasteiger partial charge in [0.25, 0.3) is 0 Å². The molecule has 3 fully saturated rings. The number of aromatic nitrogens is 2. The summed E-state index contributed by atoms with van der Waals surface area (Å²) in [4.78, 5) is 29.9. The van der Waals surface area contributed by atoms with Gasteiger partial charge in [-0.2, -0.15) is 0 Å². The minimum atomic E-state index is -0.334. The van der Waals surface area contributed by atoms with Gasteiger partial charge in [0.2, 0.25) is 5.95 Å². The van der Waals surface area contributed by atoms with Crippen LogP contribution in [0.25, 0.3) is 0 Å². The van der Waals surface area contributed by atoms with Crippen molar-refractivity contribution in [3.05, 3.63) is 18.5 Å². The molecule has 0 aromatic carbocycles. The van der Waals surface area contributed by atoms with E-state index < -0.39 is 0 Å². The number of piperidine rings is 1. The van der Waals surface area contributed by atoms with E-state index in [2.05, 4.69) is 38.8 Å². The van der Waals surface area contributed by atoms with Gasteiger partial charge in [0, 0.05) is 64.0 Å². The second kappa shape index (κ2) is 7.59. The van der Waals surface area contributed by atoms with Gasteiger partial charge in [-0.25, -0.2) is 14.8 Å². The minimum absolute atomic E-state index is 0.150. The molecule has 0 radical (unpaired) electrons. The van der Waals surface area contributed by atoms with E-state index in [1.807, 2.05) is 11.0 Å². The molecular formula is C19H30N6O2. The van der Waals surface area contributed by atoms with E-state index in [0.717, 1.165) is 58.1 Å². The van der Waals surface area contributed by atoms with Crippen LogP contribution >= 0.6 is 0 Å². The molecule has 4 heterocycles. The molecule has 1 aromatic heterocycles. The second-order valence-corrected chi connectivity index (χ2v) is 8.22. The Morgan fingerprint density at radius 3 is 2.59 bits per heavy atom. The number of anilines is 1. The fourth-order valence-corrected chi connectivity index (χ4v) is 4.39. The highest BCUT2D eigenvalue weighted by molar-refractivity contribution is 5.70. The fraction of sp³-hybridized carbons (Fsp3) is 0.737. The van der Waals surface area contributed by atoms with Crippen molar-refractivity contribution in [1.29, 1.82) is 0 Å². The van der Waals surface area contributed by atoms with E-state index in [1.54, 1.807) is 12.4 Å². The molecule has 3 aliphatic rings. The number of carbonyl (C=O) groups is 1. The predicted octanol–water partition coefficient (Wildman–Crippen LogP) is 0.904. The Hall–Kier alpha value is -1.93. The van der Waals surface area contributed by atoms with Crippen LogP contribution in [0.3, 0.4) is 0 Å². The summed E-state index contributed by atoms with van der Waals surface area (Å²) in [5.41, 5.74) is -0.334. The summed E-state index contributed by atoms with van der Waals surface area (Å²) in [5, 5.41) is 0. The molecule has 0 bridgehead atoms. The van der Waals surface area contributed by atoms with Crippen LogP contribution in [0.5, 0.6) is 0 Å². The number of hydrogen-bond donors (Lipinski definition) is 0. The van der Waals surface area contributed by atoms with Gasteiger partial charge in [-0.1, -0.05) is 0 Å². The zero-order chi connectivity index (χ0) is 18.9. The van der Waals surface area contributed by atoms with Gasteiger partial charge in [0.05, 0.1) is 6.54 Å². The molecule has 4 rings (SSSR count). The van der Waals surface area contributed by atoms with Crippen molar-refractivity contribution >= 4 is 12.0 Å². The summed E-state index contributed by atoms with van der Waals surface area (Å²) in [7, 11) is 4.28. The van der Waals surface area contributed by atoms with Gasteiger partial charge in [-0.05, 0) is 33.1 Å². The summed E-state index contributed by atoms with van der Waals surface area (Å²) < 4.78 is 5.85. The molecule has 1 spiro atoms. The lowest BCUT2D eigenvalue weighted by atomic mass is 9.91. The molecule has 8 nitrogen and oxygen atoms in total. The quantitative estimate of drug-likeness (QED) is 0.759.